The van der Waals surface area contributed by atoms with Gasteiger partial charge in [-0.2, -0.15) is 10.4 Å². The van der Waals surface area contributed by atoms with Gasteiger partial charge in [0.05, 0.1) is 28.4 Å². The summed E-state index contributed by atoms with van der Waals surface area (Å²) in [6, 6.07) is 11.6. The fraction of sp³-hybridized carbons (Fsp3) is 0.533. The first-order chi connectivity index (χ1) is 20.1. The maximum absolute atomic E-state index is 13.0. The summed E-state index contributed by atoms with van der Waals surface area (Å²) in [7, 11) is -1.30. The Bertz CT molecular complexity index is 1540. The van der Waals surface area contributed by atoms with Crippen LogP contribution in [0.1, 0.15) is 72.1 Å². The van der Waals surface area contributed by atoms with E-state index in [0.29, 0.717) is 53.2 Å². The smallest absolute Gasteiger partial charge is 0.410 e. The zero-order valence-electron chi connectivity index (χ0n) is 24.4. The van der Waals surface area contributed by atoms with Gasteiger partial charge in [0.1, 0.15) is 22.0 Å². The molecule has 0 radical (unpaired) electrons. The van der Waals surface area contributed by atoms with Crippen LogP contribution in [0, 0.1) is 11.3 Å². The fourth-order valence-corrected chi connectivity index (χ4v) is 6.87. The lowest BCUT2D eigenvalue weighted by molar-refractivity contribution is 0.0110. The van der Waals surface area contributed by atoms with Gasteiger partial charge in [0.2, 0.25) is 0 Å². The number of aromatic amines is 1. The third-order valence-electron chi connectivity index (χ3n) is 8.02. The lowest BCUT2D eigenvalue weighted by Crippen LogP contribution is -2.49. The van der Waals surface area contributed by atoms with Gasteiger partial charge in [0.15, 0.2) is 5.82 Å². The summed E-state index contributed by atoms with van der Waals surface area (Å²) < 4.78 is 23.4. The molecule has 12 heteroatoms. The molecule has 3 N–H and O–H groups in total. The first-order valence-corrected chi connectivity index (χ1v) is 15.7. The summed E-state index contributed by atoms with van der Waals surface area (Å²) >= 11 is 0. The van der Waals surface area contributed by atoms with Gasteiger partial charge in [0, 0.05) is 31.0 Å². The van der Waals surface area contributed by atoms with E-state index in [1.54, 1.807) is 34.0 Å². The number of hydrogen-bond donors (Lipinski definition) is 3. The number of aromatic nitrogens is 3. The Balaban J connectivity index is 1.38. The average molecular weight is 594 g/mol. The summed E-state index contributed by atoms with van der Waals surface area (Å²) in [5.74, 6) is 0.368. The molecule has 0 spiro atoms. The molecule has 0 bridgehead atoms. The average Bonchev–Trinajstić information content (AvgIpc) is 3.33. The number of fused-ring (bicyclic) bond motifs is 1. The van der Waals surface area contributed by atoms with Crippen molar-refractivity contribution in [1.29, 1.82) is 5.26 Å². The van der Waals surface area contributed by atoms with Crippen molar-refractivity contribution in [2.24, 2.45) is 0 Å². The molecule has 1 aliphatic carbocycles. The van der Waals surface area contributed by atoms with Gasteiger partial charge in [-0.05, 0) is 76.8 Å². The molecule has 1 aromatic carbocycles. The number of nitrogens with zero attached hydrogens (tertiary/aromatic N) is 4. The number of pyridine rings is 1. The molecule has 3 aromatic rings. The molecule has 1 saturated carbocycles. The van der Waals surface area contributed by atoms with Crippen molar-refractivity contribution < 1.29 is 13.7 Å². The Morgan fingerprint density at radius 2 is 1.86 bits per heavy atom. The Morgan fingerprint density at radius 3 is 2.50 bits per heavy atom. The van der Waals surface area contributed by atoms with Crippen LogP contribution in [0.3, 0.4) is 0 Å². The number of rotatable bonds is 7. The van der Waals surface area contributed by atoms with Crippen LogP contribution in [0.25, 0.3) is 10.9 Å². The topological polar surface area (TPSA) is 145 Å². The number of amides is 1. The van der Waals surface area contributed by atoms with Crippen molar-refractivity contribution in [3.05, 3.63) is 46.9 Å². The number of likely N-dealkylation sites (tertiary alicyclic amines) is 1. The summed E-state index contributed by atoms with van der Waals surface area (Å²) in [6.45, 7) is 6.29. The van der Waals surface area contributed by atoms with Gasteiger partial charge in [-0.3, -0.25) is 9.48 Å². The van der Waals surface area contributed by atoms with Crippen LogP contribution in [0.2, 0.25) is 0 Å². The number of carbonyl (C=O) groups excluding carboxylic acids is 1. The molecule has 1 aliphatic heterocycles. The molecule has 5 rings (SSSR count). The number of carbonyl (C=O) groups is 1. The number of anilines is 2. The molecule has 224 valence electrons. The third-order valence-corrected chi connectivity index (χ3v) is 9.26. The Morgan fingerprint density at radius 1 is 1.17 bits per heavy atom. The van der Waals surface area contributed by atoms with Gasteiger partial charge >= 0.3 is 6.09 Å². The molecule has 1 atom stereocenters. The van der Waals surface area contributed by atoms with Crippen LogP contribution in [0.4, 0.5) is 16.3 Å². The quantitative estimate of drug-likeness (QED) is 0.347. The highest BCUT2D eigenvalue weighted by atomic mass is 32.2. The molecule has 3 heterocycles. The summed E-state index contributed by atoms with van der Waals surface area (Å²) in [6.07, 6.45) is 7.98. The van der Waals surface area contributed by atoms with Gasteiger partial charge in [0.25, 0.3) is 5.56 Å². The third kappa shape index (κ3) is 6.52. The lowest BCUT2D eigenvalue weighted by Gasteiger charge is -2.41. The minimum Gasteiger partial charge on any atom is -0.444 e. The van der Waals surface area contributed by atoms with E-state index >= 15 is 0 Å². The standard InChI is InChI=1S/C30H39N7O4S/c1-29(2,3)41-28(39)36-19-15-30(14-17-31,16-20-36)37-24-13-18-32-27(38)25(24)26(34-37)33-21-9-11-23(12-10-21)42(40)35-22-7-5-4-6-8-22/h9-13,18,22,35H,4-8,14-16,19-20H2,1-3H3,(H,32,38)(H,33,34). The van der Waals surface area contributed by atoms with E-state index in [9.17, 15) is 19.1 Å². The van der Waals surface area contributed by atoms with Crippen LogP contribution in [-0.2, 0) is 21.3 Å². The number of H-pyrrole nitrogens is 1. The molecular weight excluding hydrogens is 554 g/mol. The number of benzene rings is 1. The lowest BCUT2D eigenvalue weighted by atomic mass is 9.85. The van der Waals surface area contributed by atoms with E-state index in [1.165, 1.54) is 6.42 Å². The Kier molecular flexibility index (Phi) is 8.70. The van der Waals surface area contributed by atoms with Gasteiger partial charge in [-0.15, -0.1) is 0 Å². The summed E-state index contributed by atoms with van der Waals surface area (Å²) in [5.41, 5.74) is -0.301. The molecule has 1 amide bonds. The molecule has 42 heavy (non-hydrogen) atoms. The predicted octanol–water partition coefficient (Wildman–Crippen LogP) is 5.05. The van der Waals surface area contributed by atoms with Crippen molar-refractivity contribution in [3.8, 4) is 6.07 Å². The zero-order chi connectivity index (χ0) is 29.9. The number of ether oxygens (including phenoxy) is 1. The van der Waals surface area contributed by atoms with E-state index in [0.717, 1.165) is 25.7 Å². The highest BCUT2D eigenvalue weighted by molar-refractivity contribution is 7.83. The van der Waals surface area contributed by atoms with Crippen LogP contribution in [-0.4, -0.2) is 54.7 Å². The Hall–Kier alpha value is -3.69. The molecule has 1 saturated heterocycles. The largest absolute Gasteiger partial charge is 0.444 e. The number of nitriles is 1. The SMILES string of the molecule is CC(C)(C)OC(=O)N1CCC(CC#N)(n2nc(Nc3ccc(S(=O)NC4CCCCC4)cc3)c3c(=O)[nH]ccc32)CC1. The number of piperidine rings is 1. The summed E-state index contributed by atoms with van der Waals surface area (Å²) in [5, 5.41) is 18.3. The maximum atomic E-state index is 13.0. The molecule has 1 unspecified atom stereocenters. The monoisotopic (exact) mass is 593 g/mol. The molecule has 2 aliphatic rings. The van der Waals surface area contributed by atoms with Crippen LogP contribution >= 0.6 is 0 Å². The maximum Gasteiger partial charge on any atom is 0.410 e. The van der Waals surface area contributed by atoms with Crippen LogP contribution in [0.15, 0.2) is 46.2 Å². The van der Waals surface area contributed by atoms with Crippen molar-refractivity contribution >= 4 is 39.5 Å². The van der Waals surface area contributed by atoms with Crippen LogP contribution < -0.4 is 15.6 Å². The minimum atomic E-state index is -1.30. The van der Waals surface area contributed by atoms with Crippen LogP contribution in [0.5, 0.6) is 0 Å². The highest BCUT2D eigenvalue weighted by Gasteiger charge is 2.41. The number of hydrogen-bond acceptors (Lipinski definition) is 7. The van der Waals surface area contributed by atoms with E-state index in [4.69, 9.17) is 9.84 Å². The van der Waals surface area contributed by atoms with Crippen molar-refractivity contribution in [2.75, 3.05) is 18.4 Å². The molecular formula is C30H39N7O4S. The second-order valence-corrected chi connectivity index (χ2v) is 13.5. The van der Waals surface area contributed by atoms with Crippen molar-refractivity contribution in [1.82, 2.24) is 24.4 Å². The minimum absolute atomic E-state index is 0.173. The van der Waals surface area contributed by atoms with E-state index in [1.807, 2.05) is 32.9 Å². The van der Waals surface area contributed by atoms with Gasteiger partial charge in [-0.1, -0.05) is 19.3 Å². The normalized spacial score (nSPS) is 18.4. The second kappa shape index (κ2) is 12.3. The molecule has 2 fully saturated rings. The van der Waals surface area contributed by atoms with E-state index < -0.39 is 22.1 Å². The first kappa shape index (κ1) is 29.8. The molecule has 2 aromatic heterocycles. The van der Waals surface area contributed by atoms with E-state index in [-0.39, 0.29) is 24.1 Å². The Labute approximate surface area is 248 Å². The fourth-order valence-electron chi connectivity index (χ4n) is 5.81. The second-order valence-electron chi connectivity index (χ2n) is 12.2. The van der Waals surface area contributed by atoms with Gasteiger partial charge in [-0.25, -0.2) is 13.7 Å². The highest BCUT2D eigenvalue weighted by Crippen LogP contribution is 2.38. The summed E-state index contributed by atoms with van der Waals surface area (Å²) in [4.78, 5) is 30.8. The van der Waals surface area contributed by atoms with Crippen molar-refractivity contribution in [2.45, 2.75) is 94.2 Å². The first-order valence-electron chi connectivity index (χ1n) is 14.6. The predicted molar refractivity (Wildman–Crippen MR) is 162 cm³/mol. The molecule has 11 nitrogen and oxygen atoms in total. The van der Waals surface area contributed by atoms with Crippen molar-refractivity contribution in [3.63, 3.8) is 0 Å². The van der Waals surface area contributed by atoms with E-state index in [2.05, 4.69) is 21.1 Å². The number of nitrogens with one attached hydrogen (secondary N) is 3. The zero-order valence-corrected chi connectivity index (χ0v) is 25.3. The van der Waals surface area contributed by atoms with Gasteiger partial charge < -0.3 is 19.9 Å².